The number of aliphatic hydroxyl groups is 1. The highest BCUT2D eigenvalue weighted by Gasteiger charge is 2.11. The van der Waals surface area contributed by atoms with Crippen LogP contribution in [0.3, 0.4) is 0 Å². The van der Waals surface area contributed by atoms with Gasteiger partial charge in [-0.3, -0.25) is 4.98 Å². The summed E-state index contributed by atoms with van der Waals surface area (Å²) in [5, 5.41) is 12.1. The molecule has 0 bridgehead atoms. The highest BCUT2D eigenvalue weighted by Crippen LogP contribution is 2.21. The molecule has 20 heavy (non-hydrogen) atoms. The predicted molar refractivity (Wildman–Crippen MR) is 81.9 cm³/mol. The molecule has 0 fully saturated rings. The van der Waals surface area contributed by atoms with Crippen molar-refractivity contribution in [1.82, 2.24) is 4.98 Å². The van der Waals surface area contributed by atoms with Crippen molar-refractivity contribution in [2.24, 2.45) is 0 Å². The lowest BCUT2D eigenvalue weighted by Gasteiger charge is -2.11. The molecular formula is C17H14ClNO. The van der Waals surface area contributed by atoms with Gasteiger partial charge in [0.05, 0.1) is 17.3 Å². The van der Waals surface area contributed by atoms with Crippen LogP contribution < -0.4 is 0 Å². The molecule has 0 aliphatic carbocycles. The average molecular weight is 284 g/mol. The van der Waals surface area contributed by atoms with Gasteiger partial charge in [-0.25, -0.2) is 0 Å². The number of pyridine rings is 1. The Kier molecular flexibility index (Phi) is 3.68. The number of rotatable bonds is 3. The zero-order valence-electron chi connectivity index (χ0n) is 10.8. The van der Waals surface area contributed by atoms with E-state index < -0.39 is 6.10 Å². The number of aliphatic hydroxyl groups excluding tert-OH is 1. The Labute approximate surface area is 122 Å². The molecule has 100 valence electrons. The first-order chi connectivity index (χ1) is 9.72. The lowest BCUT2D eigenvalue weighted by atomic mass is 10.0. The van der Waals surface area contributed by atoms with Crippen LogP contribution >= 0.6 is 11.6 Å². The van der Waals surface area contributed by atoms with Gasteiger partial charge in [0.15, 0.2) is 0 Å². The summed E-state index contributed by atoms with van der Waals surface area (Å²) in [4.78, 5) is 4.51. The van der Waals surface area contributed by atoms with Gasteiger partial charge < -0.3 is 5.11 Å². The van der Waals surface area contributed by atoms with Gasteiger partial charge in [-0.15, -0.1) is 0 Å². The molecule has 2 aromatic carbocycles. The summed E-state index contributed by atoms with van der Waals surface area (Å²) >= 11 is 5.96. The quantitative estimate of drug-likeness (QED) is 0.783. The van der Waals surface area contributed by atoms with Crippen molar-refractivity contribution in [3.63, 3.8) is 0 Å². The number of halogens is 1. The van der Waals surface area contributed by atoms with Gasteiger partial charge in [0.2, 0.25) is 0 Å². The fraction of sp³-hybridized carbons (Fsp3) is 0.118. The van der Waals surface area contributed by atoms with Crippen molar-refractivity contribution in [3.8, 4) is 0 Å². The van der Waals surface area contributed by atoms with Gasteiger partial charge in [-0.2, -0.15) is 0 Å². The van der Waals surface area contributed by atoms with E-state index >= 15 is 0 Å². The molecule has 0 spiro atoms. The van der Waals surface area contributed by atoms with Crippen LogP contribution in [-0.2, 0) is 6.42 Å². The summed E-state index contributed by atoms with van der Waals surface area (Å²) < 4.78 is 0. The van der Waals surface area contributed by atoms with E-state index in [4.69, 9.17) is 11.6 Å². The third kappa shape index (κ3) is 2.82. The summed E-state index contributed by atoms with van der Waals surface area (Å²) in [5.41, 5.74) is 2.58. The normalized spacial score (nSPS) is 12.5. The number of hydrogen-bond donors (Lipinski definition) is 1. The first-order valence-corrected chi connectivity index (χ1v) is 6.88. The molecule has 1 unspecified atom stereocenters. The number of hydrogen-bond acceptors (Lipinski definition) is 2. The molecule has 0 aliphatic heterocycles. The van der Waals surface area contributed by atoms with Crippen LogP contribution in [0.1, 0.15) is 17.4 Å². The van der Waals surface area contributed by atoms with E-state index in [1.54, 1.807) is 0 Å². The molecule has 1 heterocycles. The smallest absolute Gasteiger partial charge is 0.1000 e. The van der Waals surface area contributed by atoms with Crippen LogP contribution in [0, 0.1) is 0 Å². The number of para-hydroxylation sites is 1. The van der Waals surface area contributed by atoms with E-state index in [1.807, 2.05) is 60.7 Å². The van der Waals surface area contributed by atoms with Gasteiger partial charge in [0, 0.05) is 16.8 Å². The van der Waals surface area contributed by atoms with E-state index in [0.717, 1.165) is 16.5 Å². The largest absolute Gasteiger partial charge is 0.386 e. The van der Waals surface area contributed by atoms with Crippen LogP contribution in [0.4, 0.5) is 0 Å². The van der Waals surface area contributed by atoms with Crippen molar-refractivity contribution >= 4 is 22.5 Å². The van der Waals surface area contributed by atoms with Gasteiger partial charge in [-0.05, 0) is 29.8 Å². The third-order valence-electron chi connectivity index (χ3n) is 3.28. The topological polar surface area (TPSA) is 33.1 Å². The molecule has 0 saturated heterocycles. The fourth-order valence-electron chi connectivity index (χ4n) is 2.26. The minimum Gasteiger partial charge on any atom is -0.386 e. The van der Waals surface area contributed by atoms with Gasteiger partial charge in [0.1, 0.15) is 0 Å². The van der Waals surface area contributed by atoms with Crippen molar-refractivity contribution < 1.29 is 5.11 Å². The van der Waals surface area contributed by atoms with Gasteiger partial charge >= 0.3 is 0 Å². The molecule has 3 rings (SSSR count). The Morgan fingerprint density at radius 1 is 1.00 bits per heavy atom. The van der Waals surface area contributed by atoms with E-state index in [1.165, 1.54) is 0 Å². The van der Waals surface area contributed by atoms with E-state index in [9.17, 15) is 5.11 Å². The molecular weight excluding hydrogens is 270 g/mol. The number of nitrogens with zero attached hydrogens (tertiary/aromatic N) is 1. The van der Waals surface area contributed by atoms with Crippen LogP contribution in [0.15, 0.2) is 60.7 Å². The highest BCUT2D eigenvalue weighted by atomic mass is 35.5. The molecule has 1 N–H and O–H groups in total. The van der Waals surface area contributed by atoms with Gasteiger partial charge in [0.25, 0.3) is 0 Å². The summed E-state index contributed by atoms with van der Waals surface area (Å²) in [6.45, 7) is 0. The van der Waals surface area contributed by atoms with E-state index in [0.29, 0.717) is 17.1 Å². The molecule has 3 aromatic rings. The summed E-state index contributed by atoms with van der Waals surface area (Å²) in [6, 6.07) is 19.3. The Bertz CT molecular complexity index is 742. The maximum Gasteiger partial charge on any atom is 0.1000 e. The molecule has 2 nitrogen and oxygen atoms in total. The summed E-state index contributed by atoms with van der Waals surface area (Å²) in [6.07, 6.45) is -0.121. The Hall–Kier alpha value is -1.90. The first kappa shape index (κ1) is 13.1. The second-order valence-corrected chi connectivity index (χ2v) is 5.22. The molecule has 1 atom stereocenters. The highest BCUT2D eigenvalue weighted by molar-refractivity contribution is 6.30. The number of fused-ring (bicyclic) bond motifs is 1. The average Bonchev–Trinajstić information content (AvgIpc) is 2.47. The van der Waals surface area contributed by atoms with Crippen molar-refractivity contribution in [3.05, 3.63) is 76.9 Å². The fourth-order valence-corrected chi connectivity index (χ4v) is 2.47. The Balaban J connectivity index is 1.86. The lowest BCUT2D eigenvalue weighted by molar-refractivity contribution is 0.174. The van der Waals surface area contributed by atoms with Crippen molar-refractivity contribution in [2.45, 2.75) is 12.5 Å². The monoisotopic (exact) mass is 283 g/mol. The molecule has 3 heteroatoms. The van der Waals surface area contributed by atoms with Gasteiger partial charge in [-0.1, -0.05) is 48.0 Å². The number of benzene rings is 2. The molecule has 0 radical (unpaired) electrons. The summed E-state index contributed by atoms with van der Waals surface area (Å²) in [5.74, 6) is 0. The van der Waals surface area contributed by atoms with Crippen LogP contribution in [0.2, 0.25) is 5.02 Å². The van der Waals surface area contributed by atoms with E-state index in [-0.39, 0.29) is 0 Å². The molecule has 0 saturated carbocycles. The second kappa shape index (κ2) is 5.61. The van der Waals surface area contributed by atoms with Crippen LogP contribution in [0.25, 0.3) is 10.9 Å². The zero-order valence-corrected chi connectivity index (χ0v) is 11.6. The molecule has 1 aromatic heterocycles. The SMILES string of the molecule is OC(Cc1cccc(Cl)c1)c1ccc2ccccc2n1. The lowest BCUT2D eigenvalue weighted by Crippen LogP contribution is -2.04. The minimum atomic E-state index is -0.627. The standard InChI is InChI=1S/C17H14ClNO/c18-14-6-3-4-12(10-14)11-17(20)16-9-8-13-5-1-2-7-15(13)19-16/h1-10,17,20H,11H2. The Morgan fingerprint density at radius 3 is 2.70 bits per heavy atom. The maximum atomic E-state index is 10.3. The zero-order chi connectivity index (χ0) is 13.9. The van der Waals surface area contributed by atoms with Crippen LogP contribution in [0.5, 0.6) is 0 Å². The molecule has 0 amide bonds. The van der Waals surface area contributed by atoms with Crippen LogP contribution in [-0.4, -0.2) is 10.1 Å². The van der Waals surface area contributed by atoms with Crippen molar-refractivity contribution in [1.29, 1.82) is 0 Å². The van der Waals surface area contributed by atoms with Crippen molar-refractivity contribution in [2.75, 3.05) is 0 Å². The molecule has 0 aliphatic rings. The number of aromatic nitrogens is 1. The maximum absolute atomic E-state index is 10.3. The first-order valence-electron chi connectivity index (χ1n) is 6.50. The Morgan fingerprint density at radius 2 is 1.85 bits per heavy atom. The summed E-state index contributed by atoms with van der Waals surface area (Å²) in [7, 11) is 0. The third-order valence-corrected chi connectivity index (χ3v) is 3.51. The predicted octanol–water partition coefficient (Wildman–Crippen LogP) is 4.16. The van der Waals surface area contributed by atoms with E-state index in [2.05, 4.69) is 4.98 Å². The second-order valence-electron chi connectivity index (χ2n) is 4.78. The minimum absolute atomic E-state index is 0.506.